The standard InChI is InChI=1S/C10H10O4S/c1-7(11)10(15(13)14)9(12)8-5-3-2-4-6-8/h2-6,10H,1H3,(H,13,14)/p-1. The van der Waals surface area contributed by atoms with Gasteiger partial charge in [0, 0.05) is 5.56 Å². The highest BCUT2D eigenvalue weighted by Crippen LogP contribution is 2.08. The second kappa shape index (κ2) is 4.95. The first kappa shape index (κ1) is 11.7. The Kier molecular flexibility index (Phi) is 3.88. The summed E-state index contributed by atoms with van der Waals surface area (Å²) in [5.74, 6) is -1.35. The van der Waals surface area contributed by atoms with Gasteiger partial charge in [-0.3, -0.25) is 13.8 Å². The molecule has 80 valence electrons. The number of carbonyl (C=O) groups excluding carboxylic acids is 2. The van der Waals surface area contributed by atoms with E-state index >= 15 is 0 Å². The topological polar surface area (TPSA) is 74.3 Å². The predicted octanol–water partition coefficient (Wildman–Crippen LogP) is 0.706. The zero-order chi connectivity index (χ0) is 11.4. The molecule has 0 radical (unpaired) electrons. The van der Waals surface area contributed by atoms with Crippen LogP contribution < -0.4 is 0 Å². The van der Waals surface area contributed by atoms with Crippen molar-refractivity contribution < 1.29 is 18.4 Å². The Morgan fingerprint density at radius 2 is 1.80 bits per heavy atom. The van der Waals surface area contributed by atoms with Gasteiger partial charge in [0.1, 0.15) is 5.25 Å². The van der Waals surface area contributed by atoms with Crippen LogP contribution in [0.25, 0.3) is 0 Å². The third-order valence-corrected chi connectivity index (χ3v) is 2.79. The summed E-state index contributed by atoms with van der Waals surface area (Å²) < 4.78 is 21.4. The molecule has 2 unspecified atom stereocenters. The summed E-state index contributed by atoms with van der Waals surface area (Å²) in [6, 6.07) is 7.88. The zero-order valence-electron chi connectivity index (χ0n) is 8.01. The van der Waals surface area contributed by atoms with Gasteiger partial charge < -0.3 is 4.55 Å². The Morgan fingerprint density at radius 1 is 1.27 bits per heavy atom. The van der Waals surface area contributed by atoms with E-state index < -0.39 is 27.9 Å². The van der Waals surface area contributed by atoms with Crippen molar-refractivity contribution in [3.8, 4) is 0 Å². The van der Waals surface area contributed by atoms with Crippen LogP contribution in [0.3, 0.4) is 0 Å². The van der Waals surface area contributed by atoms with E-state index in [-0.39, 0.29) is 5.56 Å². The normalized spacial score (nSPS) is 14.3. The first-order valence-corrected chi connectivity index (χ1v) is 5.35. The highest BCUT2D eigenvalue weighted by atomic mass is 32.2. The van der Waals surface area contributed by atoms with Crippen molar-refractivity contribution in [2.24, 2.45) is 0 Å². The van der Waals surface area contributed by atoms with Gasteiger partial charge in [0.2, 0.25) is 0 Å². The van der Waals surface area contributed by atoms with Gasteiger partial charge in [-0.05, 0) is 18.0 Å². The number of benzene rings is 1. The van der Waals surface area contributed by atoms with Crippen LogP contribution in [0.15, 0.2) is 30.3 Å². The molecule has 15 heavy (non-hydrogen) atoms. The summed E-state index contributed by atoms with van der Waals surface area (Å²) in [5, 5.41) is -1.59. The second-order valence-electron chi connectivity index (χ2n) is 2.98. The monoisotopic (exact) mass is 225 g/mol. The molecular formula is C10H9O4S-. The molecule has 1 aromatic carbocycles. The number of ketones is 2. The van der Waals surface area contributed by atoms with Gasteiger partial charge in [-0.25, -0.2) is 0 Å². The average molecular weight is 225 g/mol. The maximum atomic E-state index is 11.6. The van der Waals surface area contributed by atoms with E-state index in [2.05, 4.69) is 0 Å². The van der Waals surface area contributed by atoms with Crippen LogP contribution in [0.4, 0.5) is 0 Å². The molecule has 0 saturated carbocycles. The van der Waals surface area contributed by atoms with E-state index in [9.17, 15) is 18.4 Å². The van der Waals surface area contributed by atoms with Crippen molar-refractivity contribution in [2.75, 3.05) is 0 Å². The van der Waals surface area contributed by atoms with E-state index in [0.29, 0.717) is 0 Å². The Bertz CT molecular complexity index is 385. The van der Waals surface area contributed by atoms with Crippen LogP contribution in [-0.4, -0.2) is 25.6 Å². The van der Waals surface area contributed by atoms with E-state index in [1.54, 1.807) is 18.2 Å². The molecule has 0 N–H and O–H groups in total. The maximum absolute atomic E-state index is 11.6. The van der Waals surface area contributed by atoms with E-state index in [4.69, 9.17) is 0 Å². The van der Waals surface area contributed by atoms with E-state index in [0.717, 1.165) is 6.92 Å². The van der Waals surface area contributed by atoms with Gasteiger partial charge in [0.15, 0.2) is 11.6 Å². The van der Waals surface area contributed by atoms with Crippen LogP contribution in [0.5, 0.6) is 0 Å². The molecule has 0 amide bonds. The summed E-state index contributed by atoms with van der Waals surface area (Å²) in [4.78, 5) is 22.6. The lowest BCUT2D eigenvalue weighted by atomic mass is 10.1. The summed E-state index contributed by atoms with van der Waals surface area (Å²) >= 11 is -2.71. The first-order chi connectivity index (χ1) is 7.04. The molecule has 0 aliphatic heterocycles. The summed E-state index contributed by atoms with van der Waals surface area (Å²) in [7, 11) is 0. The molecule has 0 aromatic heterocycles. The lowest BCUT2D eigenvalue weighted by molar-refractivity contribution is -0.115. The number of hydrogen-bond acceptors (Lipinski definition) is 4. The largest absolute Gasteiger partial charge is 0.771 e. The van der Waals surface area contributed by atoms with Crippen LogP contribution in [-0.2, 0) is 15.9 Å². The molecule has 2 atom stereocenters. The Morgan fingerprint density at radius 3 is 2.20 bits per heavy atom. The minimum absolute atomic E-state index is 0.224. The van der Waals surface area contributed by atoms with Crippen molar-refractivity contribution in [3.05, 3.63) is 35.9 Å². The molecular weight excluding hydrogens is 216 g/mol. The number of carbonyl (C=O) groups is 2. The van der Waals surface area contributed by atoms with Crippen molar-refractivity contribution in [2.45, 2.75) is 12.2 Å². The molecule has 5 heteroatoms. The molecule has 0 spiro atoms. The SMILES string of the molecule is CC(=O)C(C(=O)c1ccccc1)S(=O)[O-]. The minimum Gasteiger partial charge on any atom is -0.771 e. The number of rotatable bonds is 4. The quantitative estimate of drug-likeness (QED) is 0.429. The van der Waals surface area contributed by atoms with Crippen molar-refractivity contribution >= 4 is 22.6 Å². The fourth-order valence-corrected chi connectivity index (χ4v) is 1.74. The van der Waals surface area contributed by atoms with E-state index in [1.807, 2.05) is 0 Å². The summed E-state index contributed by atoms with van der Waals surface area (Å²) in [5.41, 5.74) is 0.224. The van der Waals surface area contributed by atoms with Gasteiger partial charge in [0.05, 0.1) is 0 Å². The molecule has 0 fully saturated rings. The van der Waals surface area contributed by atoms with Crippen LogP contribution in [0, 0.1) is 0 Å². The van der Waals surface area contributed by atoms with Crippen molar-refractivity contribution in [1.29, 1.82) is 0 Å². The maximum Gasteiger partial charge on any atom is 0.184 e. The summed E-state index contributed by atoms with van der Waals surface area (Å²) in [6.45, 7) is 1.08. The molecule has 1 rings (SSSR count). The van der Waals surface area contributed by atoms with Gasteiger partial charge in [-0.1, -0.05) is 30.3 Å². The molecule has 0 bridgehead atoms. The minimum atomic E-state index is -2.71. The Hall–Kier alpha value is -1.33. The van der Waals surface area contributed by atoms with E-state index in [1.165, 1.54) is 12.1 Å². The third kappa shape index (κ3) is 2.81. The predicted molar refractivity (Wildman–Crippen MR) is 54.2 cm³/mol. The Labute approximate surface area is 89.6 Å². The van der Waals surface area contributed by atoms with Crippen LogP contribution >= 0.6 is 0 Å². The van der Waals surface area contributed by atoms with Gasteiger partial charge >= 0.3 is 0 Å². The first-order valence-electron chi connectivity index (χ1n) is 4.22. The van der Waals surface area contributed by atoms with Gasteiger partial charge in [-0.2, -0.15) is 0 Å². The molecule has 4 nitrogen and oxygen atoms in total. The molecule has 0 aliphatic carbocycles. The molecule has 0 heterocycles. The van der Waals surface area contributed by atoms with Crippen LogP contribution in [0.2, 0.25) is 0 Å². The molecule has 0 saturated heterocycles. The smallest absolute Gasteiger partial charge is 0.184 e. The Balaban J connectivity index is 3.02. The third-order valence-electron chi connectivity index (χ3n) is 1.86. The number of Topliss-reactive ketones (excluding diaryl/α,β-unsaturated/α-hetero) is 2. The fourth-order valence-electron chi connectivity index (χ4n) is 1.16. The highest BCUT2D eigenvalue weighted by molar-refractivity contribution is 7.81. The number of hydrogen-bond donors (Lipinski definition) is 0. The lowest BCUT2D eigenvalue weighted by Gasteiger charge is -2.15. The second-order valence-corrected chi connectivity index (χ2v) is 3.97. The molecule has 0 aliphatic rings. The van der Waals surface area contributed by atoms with Crippen molar-refractivity contribution in [1.82, 2.24) is 0 Å². The van der Waals surface area contributed by atoms with Gasteiger partial charge in [-0.15, -0.1) is 0 Å². The molecule has 1 aromatic rings. The fraction of sp³-hybridized carbons (Fsp3) is 0.200. The van der Waals surface area contributed by atoms with Gasteiger partial charge in [0.25, 0.3) is 0 Å². The highest BCUT2D eigenvalue weighted by Gasteiger charge is 2.25. The van der Waals surface area contributed by atoms with Crippen molar-refractivity contribution in [3.63, 3.8) is 0 Å². The van der Waals surface area contributed by atoms with Crippen LogP contribution in [0.1, 0.15) is 17.3 Å². The lowest BCUT2D eigenvalue weighted by Crippen LogP contribution is -2.32. The summed E-state index contributed by atoms with van der Waals surface area (Å²) in [6.07, 6.45) is 0. The average Bonchev–Trinajstić information content (AvgIpc) is 2.18. The zero-order valence-corrected chi connectivity index (χ0v) is 8.82.